The molecule has 0 aliphatic rings. The maximum absolute atomic E-state index is 7.31. The van der Waals surface area contributed by atoms with Crippen LogP contribution in [0.1, 0.15) is 0 Å². The van der Waals surface area contributed by atoms with Gasteiger partial charge in [0.1, 0.15) is 231 Å². The van der Waals surface area contributed by atoms with Gasteiger partial charge in [-0.1, -0.05) is 92.9 Å². The molecule has 0 amide bonds. The molecule has 9 aromatic carbocycles. The zero-order chi connectivity index (χ0) is 55.3. The van der Waals surface area contributed by atoms with Crippen LogP contribution in [0.4, 0.5) is 0 Å². The third-order valence-electron chi connectivity index (χ3n) is 21.7. The van der Waals surface area contributed by atoms with Gasteiger partial charge in [-0.3, -0.25) is 0 Å². The highest BCUT2D eigenvalue weighted by molar-refractivity contribution is 6.78. The second kappa shape index (κ2) is 18.1. The number of fused-ring (bicyclic) bond motifs is 8. The minimum absolute atomic E-state index is 1.03. The Kier molecular flexibility index (Phi) is 13.0. The quantitative estimate of drug-likeness (QED) is 0.127. The van der Waals surface area contributed by atoms with E-state index < -0.39 is 0 Å². The highest BCUT2D eigenvalue weighted by Crippen LogP contribution is 2.41. The van der Waals surface area contributed by atoms with Crippen molar-refractivity contribution in [2.24, 2.45) is 0 Å². The van der Waals surface area contributed by atoms with E-state index in [1.54, 1.807) is 0 Å². The van der Waals surface area contributed by atoms with Crippen molar-refractivity contribution in [3.8, 4) is 33.4 Å². The first kappa shape index (κ1) is 54.0. The van der Waals surface area contributed by atoms with Crippen molar-refractivity contribution in [2.75, 3.05) is 0 Å². The number of hydrogen-bond acceptors (Lipinski definition) is 1. The van der Waals surface area contributed by atoms with Crippen molar-refractivity contribution >= 4 is 438 Å². The maximum atomic E-state index is 7.31. The average molecular weight is 928 g/mol. The van der Waals surface area contributed by atoms with E-state index in [1.807, 2.05) is 0 Å². The number of hydrogen-bond donors (Lipinski definition) is 0. The molecule has 0 fully saturated rings. The van der Waals surface area contributed by atoms with E-state index in [4.69, 9.17) is 4.42 Å². The molecule has 29 heteroatoms. The Balaban J connectivity index is 1.56. The van der Waals surface area contributed by atoms with Gasteiger partial charge in [0, 0.05) is 10.8 Å². The van der Waals surface area contributed by atoms with Crippen LogP contribution in [0.15, 0.2) is 4.42 Å². The van der Waals surface area contributed by atoms with Gasteiger partial charge in [-0.25, -0.2) is 0 Å². The molecular weight excluding hydrogens is 871 g/mol. The van der Waals surface area contributed by atoms with Gasteiger partial charge in [0.05, 0.1) is 0 Å². The predicted octanol–water partition coefficient (Wildman–Crippen LogP) is -35.6. The molecule has 1 heterocycles. The van der Waals surface area contributed by atoms with Crippen LogP contribution in [0.25, 0.3) is 98.4 Å². The molecule has 330 valence electrons. The lowest BCUT2D eigenvalue weighted by Gasteiger charge is -2.33. The van der Waals surface area contributed by atoms with E-state index in [9.17, 15) is 0 Å². The van der Waals surface area contributed by atoms with E-state index in [0.29, 0.717) is 0 Å². The summed E-state index contributed by atoms with van der Waals surface area (Å²) in [6.45, 7) is 0. The summed E-state index contributed by atoms with van der Waals surface area (Å²) in [6, 6.07) is 0. The zero-order valence-corrected chi connectivity index (χ0v) is 51.4. The van der Waals surface area contributed by atoms with Crippen LogP contribution in [-0.4, -0.2) is 220 Å². The van der Waals surface area contributed by atoms with Crippen LogP contribution in [0.5, 0.6) is 0 Å². The normalized spacial score (nSPS) is 11.9. The smallest absolute Gasteiger partial charge is 0.143 e. The number of furan rings is 1. The summed E-state index contributed by atoms with van der Waals surface area (Å²) >= 11 is 0. The van der Waals surface area contributed by atoms with Crippen LogP contribution in [0.2, 0.25) is 0 Å². The minimum atomic E-state index is 1.03. The minimum Gasteiger partial charge on any atom is -0.457 e. The van der Waals surface area contributed by atoms with Crippen LogP contribution < -0.4 is 153 Å². The molecule has 0 bridgehead atoms. The fourth-order valence-electron chi connectivity index (χ4n) is 15.1. The van der Waals surface area contributed by atoms with Crippen LogP contribution >= 0.6 is 0 Å². The third kappa shape index (κ3) is 6.85. The van der Waals surface area contributed by atoms with Crippen molar-refractivity contribution < 1.29 is 4.42 Å². The van der Waals surface area contributed by atoms with Crippen LogP contribution in [0.3, 0.4) is 0 Å². The summed E-state index contributed by atoms with van der Waals surface area (Å²) in [4.78, 5) is 0. The van der Waals surface area contributed by atoms with Crippen LogP contribution in [-0.2, 0) is 0 Å². The first-order valence-corrected chi connectivity index (χ1v) is 27.9. The van der Waals surface area contributed by atoms with Crippen molar-refractivity contribution in [1.82, 2.24) is 0 Å². The molecular formula is C46H56B28O. The Morgan fingerprint density at radius 1 is 0.120 bits per heavy atom. The summed E-state index contributed by atoms with van der Waals surface area (Å²) in [5.41, 5.74) is 48.6. The Labute approximate surface area is 472 Å². The van der Waals surface area contributed by atoms with Gasteiger partial charge < -0.3 is 4.42 Å². The van der Waals surface area contributed by atoms with Gasteiger partial charge in [0.25, 0.3) is 0 Å². The van der Waals surface area contributed by atoms with E-state index in [0.717, 1.165) is 11.2 Å². The molecule has 0 N–H and O–H groups in total. The van der Waals surface area contributed by atoms with Gasteiger partial charge in [0.15, 0.2) is 0 Å². The fraction of sp³-hybridized carbons (Fsp3) is 0. The fourth-order valence-corrected chi connectivity index (χ4v) is 15.1. The topological polar surface area (TPSA) is 13.1 Å². The Bertz CT molecular complexity index is 4330. The molecule has 1 nitrogen and oxygen atoms in total. The molecule has 10 rings (SSSR count). The number of rotatable bonds is 3. The Morgan fingerprint density at radius 2 is 0.333 bits per heavy atom. The average Bonchev–Trinajstić information content (AvgIpc) is 3.79. The molecule has 0 radical (unpaired) electrons. The Hall–Kier alpha value is -4.36. The molecule has 0 aliphatic heterocycles. The lowest BCUT2D eigenvalue weighted by atomic mass is 9.55. The van der Waals surface area contributed by atoms with Crippen molar-refractivity contribution in [3.05, 3.63) is 0 Å². The molecule has 0 saturated heterocycles. The molecule has 0 atom stereocenters. The monoisotopic (exact) mass is 933 g/mol. The van der Waals surface area contributed by atoms with Gasteiger partial charge in [-0.2, -0.15) is 0 Å². The van der Waals surface area contributed by atoms with Crippen molar-refractivity contribution in [2.45, 2.75) is 0 Å². The van der Waals surface area contributed by atoms with E-state index >= 15 is 0 Å². The molecule has 10 aromatic rings. The maximum Gasteiger partial charge on any atom is 0.143 e. The van der Waals surface area contributed by atoms with Gasteiger partial charge in [-0.15, -0.1) is 60.1 Å². The summed E-state index contributed by atoms with van der Waals surface area (Å²) in [6.07, 6.45) is 0. The van der Waals surface area contributed by atoms with E-state index in [-0.39, 0.29) is 0 Å². The second-order valence-electron chi connectivity index (χ2n) is 24.3. The Morgan fingerprint density at radius 3 is 0.720 bits per heavy atom. The number of benzene rings is 9. The van der Waals surface area contributed by atoms with Gasteiger partial charge >= 0.3 is 0 Å². The summed E-state index contributed by atoms with van der Waals surface area (Å²) in [5.74, 6) is 0. The van der Waals surface area contributed by atoms with Gasteiger partial charge in [-0.05, 0) is 76.5 Å². The first-order valence-electron chi connectivity index (χ1n) is 27.9. The zero-order valence-electron chi connectivity index (χ0n) is 51.4. The summed E-state index contributed by atoms with van der Waals surface area (Å²) in [7, 11) is 66.5. The van der Waals surface area contributed by atoms with Crippen LogP contribution in [0, 0.1) is 0 Å². The molecule has 1 aromatic heterocycles. The van der Waals surface area contributed by atoms with E-state index in [2.05, 4.69) is 220 Å². The third-order valence-corrected chi connectivity index (χ3v) is 21.7. The summed E-state index contributed by atoms with van der Waals surface area (Å²) < 4.78 is 7.31. The lowest BCUT2D eigenvalue weighted by Crippen LogP contribution is -2.56. The molecule has 0 saturated carbocycles. The van der Waals surface area contributed by atoms with E-state index in [1.165, 1.54) is 240 Å². The molecule has 0 spiro atoms. The SMILES string of the molecule is Bc1c(B)c(B)c(-c2c(B)c(-c3c4c(B)c(B)c(B)c(B)c4c(-c4c(B)c(B)c5oc6c(B)c(B)c7c(B)c(B)c(B)c(B)c7c6c5c4B)c4c(B)c(B)c(B)c(B)c34)c(B)c3c(B)c(B)c(B)c(B)c23)c(B)c1B. The standard InChI is InChI=1S/C46H56B28O/c47-17-7(14-27(57)40(70)42(72)41(71)28(14)58)8-13(26(56)38(68)36(66)24(8)54)18(48)11(17)1-3-5(22(52)34(64)32(62)20(3)50)2(6-4(1)21(51)33(63)35(65)23(6)53)12-19(49)16-10-9-15(29(59)39(69)37(67)25(9)55)31(61)43(73)45(10)75-46(16)44(74)30(12)60/h47-74H2. The summed E-state index contributed by atoms with van der Waals surface area (Å²) in [5, 5.41) is 13.7. The highest BCUT2D eigenvalue weighted by Gasteiger charge is 2.32. The van der Waals surface area contributed by atoms with Crippen molar-refractivity contribution in [3.63, 3.8) is 0 Å². The van der Waals surface area contributed by atoms with Gasteiger partial charge in [0.2, 0.25) is 0 Å². The van der Waals surface area contributed by atoms with Crippen molar-refractivity contribution in [1.29, 1.82) is 0 Å². The highest BCUT2D eigenvalue weighted by atomic mass is 16.3. The largest absolute Gasteiger partial charge is 0.457 e. The predicted molar refractivity (Wildman–Crippen MR) is 429 cm³/mol. The molecule has 0 aliphatic carbocycles. The lowest BCUT2D eigenvalue weighted by molar-refractivity contribution is 0.675. The molecule has 75 heavy (non-hydrogen) atoms. The second-order valence-corrected chi connectivity index (χ2v) is 24.3. The molecule has 0 unspecified atom stereocenters. The first-order chi connectivity index (χ1) is 35.0.